The Balaban J connectivity index is 4.34. The molecule has 0 unspecified atom stereocenters. The van der Waals surface area contributed by atoms with Gasteiger partial charge >= 0.3 is 6.01 Å². The number of rotatable bonds is 3. The Morgan fingerprint density at radius 1 is 1.45 bits per heavy atom. The van der Waals surface area contributed by atoms with Crippen molar-refractivity contribution in [2.24, 2.45) is 5.10 Å². The maximum absolute atomic E-state index is 4.03. The quantitative estimate of drug-likeness (QED) is 0.340. The lowest BCUT2D eigenvalue weighted by Gasteiger charge is -2.01. The van der Waals surface area contributed by atoms with E-state index in [4.69, 9.17) is 0 Å². The zero-order valence-corrected chi connectivity index (χ0v) is 8.13. The van der Waals surface area contributed by atoms with Crippen molar-refractivity contribution in [2.45, 2.75) is 26.8 Å². The maximum atomic E-state index is 4.03. The molecule has 11 heavy (non-hydrogen) atoms. The average molecular weight is 156 g/mol. The van der Waals surface area contributed by atoms with Crippen molar-refractivity contribution in [2.75, 3.05) is 20.6 Å². The van der Waals surface area contributed by atoms with E-state index in [1.807, 2.05) is 14.1 Å². The van der Waals surface area contributed by atoms with Gasteiger partial charge in [0.15, 0.2) is 0 Å². The predicted molar refractivity (Wildman–Crippen MR) is 47.1 cm³/mol. The topological polar surface area (TPSA) is 18.6 Å². The van der Waals surface area contributed by atoms with Gasteiger partial charge in [-0.05, 0) is 20.8 Å². The Morgan fingerprint density at radius 3 is 2.27 bits per heavy atom. The molecule has 3 nitrogen and oxygen atoms in total. The zero-order chi connectivity index (χ0) is 8.85. The Kier molecular flexibility index (Phi) is 4.55. The smallest absolute Gasteiger partial charge is 0.216 e. The summed E-state index contributed by atoms with van der Waals surface area (Å²) in [6, 6.07) is 3.43. The van der Waals surface area contributed by atoms with E-state index in [1.54, 1.807) is 5.01 Å². The fourth-order valence-corrected chi connectivity index (χ4v) is 0.698. The Hall–Kier alpha value is -0.820. The van der Waals surface area contributed by atoms with Gasteiger partial charge in [-0.3, -0.25) is 0 Å². The normalized spacial score (nSPS) is 9.27. The first kappa shape index (κ1) is 10.2. The number of hydrogen-bond acceptors (Lipinski definition) is 2. The molecule has 0 atom stereocenters. The van der Waals surface area contributed by atoms with Gasteiger partial charge < -0.3 is 0 Å². The molecule has 0 bridgehead atoms. The molecule has 0 fully saturated rings. The Bertz CT molecular complexity index is 164. The van der Waals surface area contributed by atoms with Crippen molar-refractivity contribution in [3.8, 4) is 0 Å². The average Bonchev–Trinajstić information content (AvgIpc) is 1.87. The minimum atomic E-state index is 0.476. The van der Waals surface area contributed by atoms with E-state index in [9.17, 15) is 0 Å². The van der Waals surface area contributed by atoms with E-state index in [0.717, 1.165) is 6.54 Å². The molecule has 0 aromatic rings. The largest absolute Gasteiger partial charge is 0.338 e. The van der Waals surface area contributed by atoms with Crippen LogP contribution in [-0.2, 0) is 0 Å². The van der Waals surface area contributed by atoms with Crippen molar-refractivity contribution in [1.82, 2.24) is 5.01 Å². The molecule has 3 heteroatoms. The van der Waals surface area contributed by atoms with Crippen LogP contribution >= 0.6 is 0 Å². The summed E-state index contributed by atoms with van der Waals surface area (Å²) < 4.78 is 2.06. The summed E-state index contributed by atoms with van der Waals surface area (Å²) in [4.78, 5) is 0. The molecule has 0 radical (unpaired) electrons. The van der Waals surface area contributed by atoms with E-state index in [-0.39, 0.29) is 0 Å². The van der Waals surface area contributed by atoms with Crippen LogP contribution < -0.4 is 0 Å². The monoisotopic (exact) mass is 156 g/mol. The van der Waals surface area contributed by atoms with Gasteiger partial charge in [0.2, 0.25) is 0 Å². The summed E-state index contributed by atoms with van der Waals surface area (Å²) in [5.74, 6) is 0. The second kappa shape index (κ2) is 4.91. The van der Waals surface area contributed by atoms with E-state index >= 15 is 0 Å². The summed E-state index contributed by atoms with van der Waals surface area (Å²) in [6.45, 7) is 7.30. The Morgan fingerprint density at radius 2 is 2.00 bits per heavy atom. The second-order valence-corrected chi connectivity index (χ2v) is 2.93. The van der Waals surface area contributed by atoms with Gasteiger partial charge in [0.1, 0.15) is 0 Å². The van der Waals surface area contributed by atoms with Crippen LogP contribution in [0.25, 0.3) is 0 Å². The number of nitrogens with zero attached hydrogens (tertiary/aromatic N) is 3. The lowest BCUT2D eigenvalue weighted by atomic mass is 10.4. The van der Waals surface area contributed by atoms with Gasteiger partial charge in [-0.2, -0.15) is 0 Å². The highest BCUT2D eigenvalue weighted by atomic mass is 15.4. The van der Waals surface area contributed by atoms with Crippen LogP contribution in [0.5, 0.6) is 0 Å². The third-order valence-corrected chi connectivity index (χ3v) is 1.34. The number of hydrazone groups is 1. The first-order chi connectivity index (χ1) is 5.07. The van der Waals surface area contributed by atoms with Crippen molar-refractivity contribution in [1.29, 1.82) is 0 Å². The van der Waals surface area contributed by atoms with Crippen molar-refractivity contribution >= 4 is 6.01 Å². The minimum Gasteiger partial charge on any atom is -0.216 e. The minimum absolute atomic E-state index is 0.476. The van der Waals surface area contributed by atoms with Crippen LogP contribution in [0.15, 0.2) is 5.10 Å². The molecule has 0 aliphatic rings. The summed E-state index contributed by atoms with van der Waals surface area (Å²) in [7, 11) is 3.78. The highest BCUT2D eigenvalue weighted by Crippen LogP contribution is 1.84. The molecular weight excluding hydrogens is 138 g/mol. The molecule has 0 spiro atoms. The van der Waals surface area contributed by atoms with E-state index in [1.165, 1.54) is 0 Å². The Labute approximate surface area is 69.0 Å². The fraction of sp³-hybridized carbons (Fsp3) is 0.875. The predicted octanol–water partition coefficient (Wildman–Crippen LogP) is 1.08. The van der Waals surface area contributed by atoms with Crippen molar-refractivity contribution < 1.29 is 4.58 Å². The molecule has 64 valence electrons. The zero-order valence-electron chi connectivity index (χ0n) is 8.13. The van der Waals surface area contributed by atoms with Gasteiger partial charge in [-0.15, -0.1) is 0 Å². The van der Waals surface area contributed by atoms with Crippen LogP contribution in [0.1, 0.15) is 20.8 Å². The van der Waals surface area contributed by atoms with E-state index in [0.29, 0.717) is 6.04 Å². The van der Waals surface area contributed by atoms with E-state index < -0.39 is 0 Å². The molecular formula is C8H18N3+. The molecule has 0 aromatic heterocycles. The molecule has 0 aliphatic carbocycles. The maximum Gasteiger partial charge on any atom is 0.338 e. The molecule has 0 N–H and O–H groups in total. The molecule has 0 saturated carbocycles. The highest BCUT2D eigenvalue weighted by molar-refractivity contribution is 5.33. The van der Waals surface area contributed by atoms with Crippen LogP contribution in [0.2, 0.25) is 0 Å². The van der Waals surface area contributed by atoms with Gasteiger partial charge in [-0.1, -0.05) is 0 Å². The second-order valence-electron chi connectivity index (χ2n) is 2.93. The first-order valence-corrected chi connectivity index (χ1v) is 3.98. The molecule has 0 rings (SSSR count). The fourth-order valence-electron chi connectivity index (χ4n) is 0.698. The highest BCUT2D eigenvalue weighted by Gasteiger charge is 2.01. The first-order valence-electron chi connectivity index (χ1n) is 3.98. The van der Waals surface area contributed by atoms with Gasteiger partial charge in [0.25, 0.3) is 0 Å². The molecule has 0 saturated heterocycles. The van der Waals surface area contributed by atoms with Gasteiger partial charge in [0.05, 0.1) is 17.7 Å². The van der Waals surface area contributed by atoms with Crippen LogP contribution in [-0.4, -0.2) is 42.3 Å². The number of hydrogen-bond donors (Lipinski definition) is 0. The van der Waals surface area contributed by atoms with Crippen LogP contribution in [0, 0.1) is 0 Å². The lowest BCUT2D eigenvalue weighted by molar-refractivity contribution is -0.549. The third kappa shape index (κ3) is 4.57. The summed E-state index contributed by atoms with van der Waals surface area (Å²) in [5, 5.41) is 5.77. The van der Waals surface area contributed by atoms with Crippen LogP contribution in [0.4, 0.5) is 0 Å². The molecule has 0 aliphatic heterocycles. The SMILES string of the molecule is CC[N+](=C=NN(C)C)C(C)C. The van der Waals surface area contributed by atoms with E-state index in [2.05, 4.69) is 36.5 Å². The summed E-state index contributed by atoms with van der Waals surface area (Å²) in [5.41, 5.74) is 0. The van der Waals surface area contributed by atoms with Crippen LogP contribution in [0.3, 0.4) is 0 Å². The van der Waals surface area contributed by atoms with Crippen molar-refractivity contribution in [3.05, 3.63) is 0 Å². The third-order valence-electron chi connectivity index (χ3n) is 1.34. The van der Waals surface area contributed by atoms with Gasteiger partial charge in [0, 0.05) is 14.1 Å². The summed E-state index contributed by atoms with van der Waals surface area (Å²) in [6.07, 6.45) is 0. The van der Waals surface area contributed by atoms with Crippen molar-refractivity contribution in [3.63, 3.8) is 0 Å². The molecule has 0 heterocycles. The lowest BCUT2D eigenvalue weighted by Crippen LogP contribution is -2.19. The summed E-state index contributed by atoms with van der Waals surface area (Å²) >= 11 is 0. The molecule has 0 aromatic carbocycles. The van der Waals surface area contributed by atoms with Gasteiger partial charge in [-0.25, -0.2) is 9.58 Å². The standard InChI is InChI=1S/C8H18N3/c1-6-11(8(2)3)7-9-10(4)5/h8H,6H2,1-5H3/q+1. The molecule has 0 amide bonds.